The number of benzene rings is 1. The van der Waals surface area contributed by atoms with Crippen molar-refractivity contribution in [2.24, 2.45) is 7.05 Å². The summed E-state index contributed by atoms with van der Waals surface area (Å²) >= 11 is 0. The molecule has 0 spiro atoms. The van der Waals surface area contributed by atoms with Gasteiger partial charge in [0.15, 0.2) is 11.6 Å². The molecule has 4 aromatic rings. The average Bonchev–Trinajstić information content (AvgIpc) is 3.54. The van der Waals surface area contributed by atoms with E-state index in [0.29, 0.717) is 28.7 Å². The molecule has 0 aliphatic carbocycles. The first-order valence-corrected chi connectivity index (χ1v) is 12.6. The highest BCUT2D eigenvalue weighted by atomic mass is 19.1. The first kappa shape index (κ1) is 24.6. The van der Waals surface area contributed by atoms with Gasteiger partial charge in [0, 0.05) is 36.8 Å². The summed E-state index contributed by atoms with van der Waals surface area (Å²) in [5.41, 5.74) is 4.85. The quantitative estimate of drug-likeness (QED) is 0.409. The first-order chi connectivity index (χ1) is 17.8. The molecule has 4 heterocycles. The lowest BCUT2D eigenvalue weighted by Crippen LogP contribution is -2.34. The summed E-state index contributed by atoms with van der Waals surface area (Å²) < 4.78 is 17.0. The van der Waals surface area contributed by atoms with Crippen LogP contribution < -0.4 is 5.32 Å². The van der Waals surface area contributed by atoms with Gasteiger partial charge < -0.3 is 10.2 Å². The number of hydrogen-bond acceptors (Lipinski definition) is 6. The molecule has 10 heteroatoms. The minimum absolute atomic E-state index is 0.0213. The van der Waals surface area contributed by atoms with E-state index in [1.807, 2.05) is 25.8 Å². The molecule has 0 bridgehead atoms. The van der Waals surface area contributed by atoms with E-state index in [-0.39, 0.29) is 17.8 Å². The minimum Gasteiger partial charge on any atom is -0.336 e. The molecule has 3 aromatic heterocycles. The third-order valence-corrected chi connectivity index (χ3v) is 7.05. The number of nitrogens with one attached hydrogen (secondary N) is 1. The van der Waals surface area contributed by atoms with Gasteiger partial charge in [0.2, 0.25) is 0 Å². The Morgan fingerprint density at radius 2 is 1.92 bits per heavy atom. The Hall–Kier alpha value is -4.08. The maximum absolute atomic E-state index is 13.5. The van der Waals surface area contributed by atoms with Crippen molar-refractivity contribution >= 4 is 17.5 Å². The van der Waals surface area contributed by atoms with Gasteiger partial charge in [-0.15, -0.1) is 0 Å². The SMILES string of the molecule is CCc1c(Nc2cc(-n3nc(C)c(C(=O)N4CCCC4C)c3C)ncn2)nn(C)c1-c1ccc(F)cc1. The molecule has 9 nitrogen and oxygen atoms in total. The second-order valence-electron chi connectivity index (χ2n) is 9.49. The van der Waals surface area contributed by atoms with Crippen LogP contribution in [-0.2, 0) is 13.5 Å². The molecular weight excluding hydrogens is 471 g/mol. The number of aryl methyl sites for hydroxylation is 2. The molecule has 1 aliphatic heterocycles. The van der Waals surface area contributed by atoms with Crippen LogP contribution in [0.25, 0.3) is 17.1 Å². The number of hydrogen-bond donors (Lipinski definition) is 1. The van der Waals surface area contributed by atoms with Gasteiger partial charge in [-0.3, -0.25) is 9.48 Å². The van der Waals surface area contributed by atoms with E-state index < -0.39 is 0 Å². The van der Waals surface area contributed by atoms with Crippen molar-refractivity contribution in [1.82, 2.24) is 34.4 Å². The molecule has 0 saturated carbocycles. The Morgan fingerprint density at radius 1 is 1.16 bits per heavy atom. The third-order valence-electron chi connectivity index (χ3n) is 7.05. The predicted molar refractivity (Wildman–Crippen MR) is 140 cm³/mol. The van der Waals surface area contributed by atoms with Gasteiger partial charge in [-0.25, -0.2) is 19.0 Å². The van der Waals surface area contributed by atoms with Crippen LogP contribution in [0.5, 0.6) is 0 Å². The Kier molecular flexibility index (Phi) is 6.49. The zero-order chi connectivity index (χ0) is 26.3. The third kappa shape index (κ3) is 4.47. The van der Waals surface area contributed by atoms with Gasteiger partial charge in [-0.2, -0.15) is 10.2 Å². The highest BCUT2D eigenvalue weighted by Crippen LogP contribution is 2.31. The molecule has 37 heavy (non-hydrogen) atoms. The summed E-state index contributed by atoms with van der Waals surface area (Å²) in [5.74, 6) is 1.52. The summed E-state index contributed by atoms with van der Waals surface area (Å²) in [4.78, 5) is 24.0. The molecule has 1 unspecified atom stereocenters. The molecule has 1 aromatic carbocycles. The largest absolute Gasteiger partial charge is 0.336 e. The van der Waals surface area contributed by atoms with Crippen LogP contribution in [0.3, 0.4) is 0 Å². The van der Waals surface area contributed by atoms with Crippen LogP contribution in [0.2, 0.25) is 0 Å². The monoisotopic (exact) mass is 502 g/mol. The van der Waals surface area contributed by atoms with Crippen LogP contribution in [0.4, 0.5) is 16.0 Å². The van der Waals surface area contributed by atoms with E-state index in [2.05, 4.69) is 39.3 Å². The summed E-state index contributed by atoms with van der Waals surface area (Å²) in [5, 5.41) is 12.6. The van der Waals surface area contributed by atoms with E-state index in [0.717, 1.165) is 48.3 Å². The number of nitrogens with zero attached hydrogens (tertiary/aromatic N) is 7. The number of amides is 1. The van der Waals surface area contributed by atoms with Crippen molar-refractivity contribution in [3.63, 3.8) is 0 Å². The Balaban J connectivity index is 1.46. The predicted octanol–water partition coefficient (Wildman–Crippen LogP) is 4.75. The van der Waals surface area contributed by atoms with Gasteiger partial charge in [0.05, 0.1) is 22.6 Å². The van der Waals surface area contributed by atoms with E-state index in [4.69, 9.17) is 0 Å². The van der Waals surface area contributed by atoms with E-state index in [1.165, 1.54) is 18.5 Å². The lowest BCUT2D eigenvalue weighted by Gasteiger charge is -2.21. The second kappa shape index (κ2) is 9.76. The fourth-order valence-corrected chi connectivity index (χ4v) is 5.18. The molecule has 1 aliphatic rings. The average molecular weight is 503 g/mol. The minimum atomic E-state index is -0.278. The molecule has 0 radical (unpaired) electrons. The molecule has 1 amide bonds. The van der Waals surface area contributed by atoms with Crippen LogP contribution >= 0.6 is 0 Å². The summed E-state index contributed by atoms with van der Waals surface area (Å²) in [6.45, 7) is 8.67. The van der Waals surface area contributed by atoms with Crippen LogP contribution in [-0.4, -0.2) is 52.9 Å². The standard InChI is InChI=1S/C27H31FN8O/c1-6-21-25(19-9-11-20(28)12-10-19)34(5)33-26(21)31-22-14-23(30-15-29-22)36-18(4)24(17(3)32-36)27(37)35-13-7-8-16(35)2/h9-12,14-16H,6-8,13H2,1-5H3,(H,29,30,31,33). The Morgan fingerprint density at radius 3 is 2.59 bits per heavy atom. The van der Waals surface area contributed by atoms with Gasteiger partial charge in [-0.05, 0) is 64.3 Å². The van der Waals surface area contributed by atoms with Crippen molar-refractivity contribution in [2.75, 3.05) is 11.9 Å². The number of aromatic nitrogens is 6. The van der Waals surface area contributed by atoms with E-state index >= 15 is 0 Å². The molecule has 1 saturated heterocycles. The van der Waals surface area contributed by atoms with Gasteiger partial charge >= 0.3 is 0 Å². The number of halogens is 1. The van der Waals surface area contributed by atoms with Crippen molar-refractivity contribution in [2.45, 2.75) is 53.0 Å². The lowest BCUT2D eigenvalue weighted by atomic mass is 10.1. The van der Waals surface area contributed by atoms with Crippen LogP contribution in [0.1, 0.15) is 54.0 Å². The highest BCUT2D eigenvalue weighted by molar-refractivity contribution is 5.97. The van der Waals surface area contributed by atoms with E-state index in [9.17, 15) is 9.18 Å². The second-order valence-corrected chi connectivity index (χ2v) is 9.49. The zero-order valence-corrected chi connectivity index (χ0v) is 21.8. The van der Waals surface area contributed by atoms with Crippen molar-refractivity contribution < 1.29 is 9.18 Å². The summed E-state index contributed by atoms with van der Waals surface area (Å²) in [7, 11) is 1.87. The number of likely N-dealkylation sites (tertiary alicyclic amines) is 1. The van der Waals surface area contributed by atoms with E-state index in [1.54, 1.807) is 27.6 Å². The molecule has 1 atom stereocenters. The summed E-state index contributed by atoms with van der Waals surface area (Å²) in [6, 6.07) is 8.42. The van der Waals surface area contributed by atoms with Gasteiger partial charge in [0.1, 0.15) is 18.0 Å². The molecule has 1 fully saturated rings. The summed E-state index contributed by atoms with van der Waals surface area (Å²) in [6.07, 6.45) is 4.23. The number of carbonyl (C=O) groups is 1. The fraction of sp³-hybridized carbons (Fsp3) is 0.370. The van der Waals surface area contributed by atoms with Crippen molar-refractivity contribution in [1.29, 1.82) is 0 Å². The Labute approximate surface area is 215 Å². The van der Waals surface area contributed by atoms with Gasteiger partial charge in [-0.1, -0.05) is 6.92 Å². The number of anilines is 2. The number of carbonyl (C=O) groups excluding carboxylic acids is 1. The van der Waals surface area contributed by atoms with Crippen LogP contribution in [0, 0.1) is 19.7 Å². The molecule has 5 rings (SSSR count). The van der Waals surface area contributed by atoms with Crippen molar-refractivity contribution in [3.8, 4) is 17.1 Å². The molecule has 1 N–H and O–H groups in total. The fourth-order valence-electron chi connectivity index (χ4n) is 5.18. The first-order valence-electron chi connectivity index (χ1n) is 12.6. The van der Waals surface area contributed by atoms with Gasteiger partial charge in [0.25, 0.3) is 5.91 Å². The van der Waals surface area contributed by atoms with Crippen LogP contribution in [0.15, 0.2) is 36.7 Å². The zero-order valence-electron chi connectivity index (χ0n) is 21.8. The maximum atomic E-state index is 13.5. The molecular formula is C27H31FN8O. The smallest absolute Gasteiger partial charge is 0.257 e. The number of rotatable bonds is 6. The topological polar surface area (TPSA) is 93.8 Å². The molecule has 192 valence electrons. The maximum Gasteiger partial charge on any atom is 0.257 e. The lowest BCUT2D eigenvalue weighted by molar-refractivity contribution is 0.0746. The Bertz CT molecular complexity index is 1460. The van der Waals surface area contributed by atoms with Crippen molar-refractivity contribution in [3.05, 3.63) is 65.0 Å². The normalized spacial score (nSPS) is 15.4. The highest BCUT2D eigenvalue weighted by Gasteiger charge is 2.30.